The number of halogens is 2. The number of carbonyl (C=O) groups excluding carboxylic acids is 1. The molecule has 0 unspecified atom stereocenters. The summed E-state index contributed by atoms with van der Waals surface area (Å²) >= 11 is 0. The maximum Gasteiger partial charge on any atom is 0.335 e. The van der Waals surface area contributed by atoms with Gasteiger partial charge in [0.1, 0.15) is 18.2 Å². The monoisotopic (exact) mass is 388 g/mol. The standard InChI is InChI=1S/C18H14F2N4O4/c19-14-6-12(16(26)9-25)7-15(20)13(14)8-24-22-17(21-23-24)5-10-1-3-11(4-2-10)18(27)28/h1-4,6-7,25H,5,8-9H2,(H,27,28). The summed E-state index contributed by atoms with van der Waals surface area (Å²) in [6.45, 7) is -1.18. The lowest BCUT2D eigenvalue weighted by Gasteiger charge is -2.06. The van der Waals surface area contributed by atoms with Gasteiger partial charge in [0.15, 0.2) is 11.6 Å². The fourth-order valence-electron chi connectivity index (χ4n) is 2.51. The van der Waals surface area contributed by atoms with Gasteiger partial charge in [0, 0.05) is 17.5 Å². The van der Waals surface area contributed by atoms with Crippen molar-refractivity contribution in [1.82, 2.24) is 20.2 Å². The average Bonchev–Trinajstić information content (AvgIpc) is 3.11. The van der Waals surface area contributed by atoms with Crippen LogP contribution in [0.2, 0.25) is 0 Å². The SMILES string of the molecule is O=C(O)c1ccc(Cc2nnn(Cc3c(F)cc(C(=O)CO)cc3F)n2)cc1. The second-order valence-corrected chi connectivity index (χ2v) is 5.91. The number of carbonyl (C=O) groups is 2. The number of aliphatic hydroxyl groups excluding tert-OH is 1. The van der Waals surface area contributed by atoms with Gasteiger partial charge in [-0.2, -0.15) is 4.80 Å². The summed E-state index contributed by atoms with van der Waals surface area (Å²) in [6.07, 6.45) is 0.259. The summed E-state index contributed by atoms with van der Waals surface area (Å²) in [5.41, 5.74) is 0.283. The van der Waals surface area contributed by atoms with Crippen molar-refractivity contribution in [3.8, 4) is 0 Å². The maximum atomic E-state index is 14.1. The van der Waals surface area contributed by atoms with Crippen LogP contribution in [0.25, 0.3) is 0 Å². The number of Topliss-reactive ketones (excluding diaryl/α,β-unsaturated/α-hetero) is 1. The van der Waals surface area contributed by atoms with E-state index in [9.17, 15) is 18.4 Å². The number of hydrogen-bond donors (Lipinski definition) is 2. The van der Waals surface area contributed by atoms with E-state index in [1.165, 1.54) is 12.1 Å². The Balaban J connectivity index is 1.74. The minimum absolute atomic E-state index is 0.148. The topological polar surface area (TPSA) is 118 Å². The Morgan fingerprint density at radius 1 is 1.04 bits per heavy atom. The molecule has 0 aliphatic carbocycles. The third kappa shape index (κ3) is 4.23. The van der Waals surface area contributed by atoms with Gasteiger partial charge >= 0.3 is 5.97 Å². The zero-order valence-corrected chi connectivity index (χ0v) is 14.3. The van der Waals surface area contributed by atoms with E-state index < -0.39 is 30.0 Å². The maximum absolute atomic E-state index is 14.1. The first kappa shape index (κ1) is 19.2. The molecule has 8 nitrogen and oxygen atoms in total. The Morgan fingerprint density at radius 3 is 2.25 bits per heavy atom. The van der Waals surface area contributed by atoms with Crippen molar-refractivity contribution < 1.29 is 28.6 Å². The molecule has 0 spiro atoms. The molecule has 10 heteroatoms. The smallest absolute Gasteiger partial charge is 0.335 e. The van der Waals surface area contributed by atoms with Crippen LogP contribution in [0.1, 0.15) is 37.7 Å². The van der Waals surface area contributed by atoms with Gasteiger partial charge in [-0.15, -0.1) is 10.2 Å². The lowest BCUT2D eigenvalue weighted by atomic mass is 10.1. The van der Waals surface area contributed by atoms with Gasteiger partial charge in [0.2, 0.25) is 0 Å². The van der Waals surface area contributed by atoms with Gasteiger partial charge in [-0.25, -0.2) is 13.6 Å². The Labute approximate surface area is 157 Å². The molecule has 0 aliphatic rings. The van der Waals surface area contributed by atoms with Crippen molar-refractivity contribution in [3.05, 3.63) is 76.1 Å². The number of carboxylic acid groups (broad SMARTS) is 1. The third-order valence-corrected chi connectivity index (χ3v) is 3.96. The van der Waals surface area contributed by atoms with E-state index in [0.29, 0.717) is 0 Å². The molecule has 0 atom stereocenters. The highest BCUT2D eigenvalue weighted by molar-refractivity contribution is 5.97. The molecule has 144 valence electrons. The Bertz CT molecular complexity index is 1010. The molecular formula is C18H14F2N4O4. The zero-order chi connectivity index (χ0) is 20.3. The summed E-state index contributed by atoms with van der Waals surface area (Å²) in [5, 5.41) is 29.3. The van der Waals surface area contributed by atoms with Crippen molar-refractivity contribution in [2.75, 3.05) is 6.61 Å². The average molecular weight is 388 g/mol. The van der Waals surface area contributed by atoms with Crippen LogP contribution in [0.5, 0.6) is 0 Å². The molecule has 2 N–H and O–H groups in total. The fraction of sp³-hybridized carbons (Fsp3) is 0.167. The van der Waals surface area contributed by atoms with Gasteiger partial charge in [-0.1, -0.05) is 12.1 Å². The largest absolute Gasteiger partial charge is 0.478 e. The first-order valence-electron chi connectivity index (χ1n) is 8.08. The highest BCUT2D eigenvalue weighted by Gasteiger charge is 2.16. The van der Waals surface area contributed by atoms with E-state index in [0.717, 1.165) is 22.5 Å². The second-order valence-electron chi connectivity index (χ2n) is 5.91. The van der Waals surface area contributed by atoms with Crippen molar-refractivity contribution in [1.29, 1.82) is 0 Å². The Morgan fingerprint density at radius 2 is 1.68 bits per heavy atom. The van der Waals surface area contributed by atoms with E-state index in [4.69, 9.17) is 10.2 Å². The Hall–Kier alpha value is -3.53. The van der Waals surface area contributed by atoms with Crippen LogP contribution in [0, 0.1) is 11.6 Å². The summed E-state index contributed by atoms with van der Waals surface area (Å²) in [7, 11) is 0. The lowest BCUT2D eigenvalue weighted by molar-refractivity contribution is 0.0696. The molecule has 0 aliphatic heterocycles. The van der Waals surface area contributed by atoms with Crippen LogP contribution in [0.15, 0.2) is 36.4 Å². The molecule has 1 heterocycles. The molecule has 3 rings (SSSR count). The molecule has 0 fully saturated rings. The quantitative estimate of drug-likeness (QED) is 0.588. The molecule has 0 radical (unpaired) electrons. The number of benzene rings is 2. The summed E-state index contributed by atoms with van der Waals surface area (Å²) < 4.78 is 28.3. The van der Waals surface area contributed by atoms with E-state index in [1.807, 2.05) is 0 Å². The molecule has 0 amide bonds. The van der Waals surface area contributed by atoms with Gasteiger partial charge < -0.3 is 10.2 Å². The van der Waals surface area contributed by atoms with E-state index in [-0.39, 0.29) is 35.5 Å². The van der Waals surface area contributed by atoms with Gasteiger partial charge in [0.25, 0.3) is 0 Å². The summed E-state index contributed by atoms with van der Waals surface area (Å²) in [6, 6.07) is 7.81. The third-order valence-electron chi connectivity index (χ3n) is 3.96. The lowest BCUT2D eigenvalue weighted by Crippen LogP contribution is -2.11. The number of nitrogens with zero attached hydrogens (tertiary/aromatic N) is 4. The van der Waals surface area contributed by atoms with Crippen LogP contribution in [0.4, 0.5) is 8.78 Å². The van der Waals surface area contributed by atoms with Gasteiger partial charge in [-0.05, 0) is 35.0 Å². The number of rotatable bonds is 7. The van der Waals surface area contributed by atoms with Crippen molar-refractivity contribution in [2.45, 2.75) is 13.0 Å². The molecule has 1 aromatic heterocycles. The first-order chi connectivity index (χ1) is 13.4. The number of aromatic nitrogens is 4. The predicted octanol–water partition coefficient (Wildman–Crippen LogP) is 1.46. The van der Waals surface area contributed by atoms with Crippen LogP contribution >= 0.6 is 0 Å². The van der Waals surface area contributed by atoms with Gasteiger partial charge in [-0.3, -0.25) is 4.79 Å². The number of hydrogen-bond acceptors (Lipinski definition) is 6. The molecule has 0 saturated carbocycles. The number of carboxylic acids is 1. The van der Waals surface area contributed by atoms with Gasteiger partial charge in [0.05, 0.1) is 12.1 Å². The Kier molecular flexibility index (Phi) is 5.50. The van der Waals surface area contributed by atoms with Crippen molar-refractivity contribution in [3.63, 3.8) is 0 Å². The van der Waals surface area contributed by atoms with E-state index in [2.05, 4.69) is 15.4 Å². The zero-order valence-electron chi connectivity index (χ0n) is 14.3. The summed E-state index contributed by atoms with van der Waals surface area (Å²) in [4.78, 5) is 23.2. The minimum atomic E-state index is -1.04. The number of ketones is 1. The fourth-order valence-corrected chi connectivity index (χ4v) is 2.51. The van der Waals surface area contributed by atoms with Crippen LogP contribution < -0.4 is 0 Å². The number of aromatic carboxylic acids is 1. The summed E-state index contributed by atoms with van der Waals surface area (Å²) in [5.74, 6) is -3.46. The van der Waals surface area contributed by atoms with E-state index >= 15 is 0 Å². The molecule has 3 aromatic rings. The molecule has 0 saturated heterocycles. The van der Waals surface area contributed by atoms with Crippen molar-refractivity contribution in [2.24, 2.45) is 0 Å². The second kappa shape index (κ2) is 8.01. The molecule has 0 bridgehead atoms. The molecular weight excluding hydrogens is 374 g/mol. The first-order valence-corrected chi connectivity index (χ1v) is 8.08. The number of tetrazole rings is 1. The highest BCUT2D eigenvalue weighted by atomic mass is 19.1. The van der Waals surface area contributed by atoms with Crippen LogP contribution in [-0.2, 0) is 13.0 Å². The number of aliphatic hydroxyl groups is 1. The van der Waals surface area contributed by atoms with Crippen LogP contribution in [-0.4, -0.2) is 48.8 Å². The minimum Gasteiger partial charge on any atom is -0.478 e. The van der Waals surface area contributed by atoms with Crippen LogP contribution in [0.3, 0.4) is 0 Å². The highest BCUT2D eigenvalue weighted by Crippen LogP contribution is 2.17. The normalized spacial score (nSPS) is 10.8. The molecule has 28 heavy (non-hydrogen) atoms. The molecule has 2 aromatic carbocycles. The predicted molar refractivity (Wildman–Crippen MR) is 90.9 cm³/mol. The van der Waals surface area contributed by atoms with E-state index in [1.54, 1.807) is 12.1 Å². The van der Waals surface area contributed by atoms with Crippen molar-refractivity contribution >= 4 is 11.8 Å².